The van der Waals surface area contributed by atoms with Crippen LogP contribution >= 0.6 is 35.0 Å². The standard InChI is InChI=1S/C21H19Cl2N5OS/c1-3-10-28-15-7-5-4-6-13(15)18-20(28)25-21(27-26-18)30-11-16(29)24-19-14(22)9-8-12(2)17(19)23/h4-9H,3,10-11H2,1-2H3,(H,24,29). The quantitative estimate of drug-likeness (QED) is 0.372. The Balaban J connectivity index is 1.56. The number of carbonyl (C=O) groups excluding carboxylic acids is 1. The summed E-state index contributed by atoms with van der Waals surface area (Å²) in [5.41, 5.74) is 3.89. The van der Waals surface area contributed by atoms with Crippen molar-refractivity contribution in [2.75, 3.05) is 11.1 Å². The van der Waals surface area contributed by atoms with Crippen LogP contribution in [-0.4, -0.2) is 31.4 Å². The van der Waals surface area contributed by atoms with Crippen LogP contribution in [-0.2, 0) is 11.3 Å². The molecule has 0 unspecified atom stereocenters. The van der Waals surface area contributed by atoms with Gasteiger partial charge in [0, 0.05) is 11.9 Å². The predicted octanol–water partition coefficient (Wildman–Crippen LogP) is 5.74. The van der Waals surface area contributed by atoms with Gasteiger partial charge in [0.15, 0.2) is 5.65 Å². The maximum absolute atomic E-state index is 12.4. The molecule has 0 aliphatic carbocycles. The highest BCUT2D eigenvalue weighted by Gasteiger charge is 2.16. The van der Waals surface area contributed by atoms with Crippen molar-refractivity contribution in [1.82, 2.24) is 19.7 Å². The van der Waals surface area contributed by atoms with E-state index in [0.717, 1.165) is 40.6 Å². The molecule has 0 saturated carbocycles. The maximum atomic E-state index is 12.4. The van der Waals surface area contributed by atoms with Crippen molar-refractivity contribution in [3.63, 3.8) is 0 Å². The fourth-order valence-electron chi connectivity index (χ4n) is 3.28. The zero-order valence-corrected chi connectivity index (χ0v) is 18.8. The van der Waals surface area contributed by atoms with E-state index in [1.165, 1.54) is 11.8 Å². The van der Waals surface area contributed by atoms with E-state index in [-0.39, 0.29) is 11.7 Å². The van der Waals surface area contributed by atoms with Gasteiger partial charge in [0.05, 0.1) is 27.0 Å². The number of amides is 1. The van der Waals surface area contributed by atoms with E-state index in [2.05, 4.69) is 38.1 Å². The Morgan fingerprint density at radius 2 is 1.97 bits per heavy atom. The Bertz CT molecular complexity index is 1260. The lowest BCUT2D eigenvalue weighted by molar-refractivity contribution is -0.113. The van der Waals surface area contributed by atoms with Crippen LogP contribution < -0.4 is 5.32 Å². The molecular weight excluding hydrogens is 441 g/mol. The number of nitrogens with one attached hydrogen (secondary N) is 1. The van der Waals surface area contributed by atoms with Crippen molar-refractivity contribution in [3.05, 3.63) is 52.0 Å². The summed E-state index contributed by atoms with van der Waals surface area (Å²) in [6.07, 6.45) is 0.973. The molecule has 6 nitrogen and oxygen atoms in total. The molecule has 0 saturated heterocycles. The molecule has 1 N–H and O–H groups in total. The summed E-state index contributed by atoms with van der Waals surface area (Å²) in [5, 5.41) is 13.7. The first-order chi connectivity index (χ1) is 14.5. The normalized spacial score (nSPS) is 11.3. The second kappa shape index (κ2) is 8.79. The fourth-order valence-corrected chi connectivity index (χ4v) is 4.32. The number of para-hydroxylation sites is 1. The van der Waals surface area contributed by atoms with Crippen LogP contribution in [0.1, 0.15) is 18.9 Å². The summed E-state index contributed by atoms with van der Waals surface area (Å²) < 4.78 is 2.15. The van der Waals surface area contributed by atoms with Crippen LogP contribution in [0.2, 0.25) is 10.0 Å². The number of fused-ring (bicyclic) bond motifs is 3. The van der Waals surface area contributed by atoms with E-state index >= 15 is 0 Å². The molecule has 4 rings (SSSR count). The number of carbonyl (C=O) groups is 1. The molecule has 2 aromatic heterocycles. The largest absolute Gasteiger partial charge is 0.324 e. The molecule has 0 atom stereocenters. The molecule has 2 heterocycles. The first kappa shape index (κ1) is 20.9. The monoisotopic (exact) mass is 459 g/mol. The van der Waals surface area contributed by atoms with Gasteiger partial charge in [-0.1, -0.05) is 66.2 Å². The summed E-state index contributed by atoms with van der Waals surface area (Å²) in [6.45, 7) is 4.81. The lowest BCUT2D eigenvalue weighted by atomic mass is 10.2. The van der Waals surface area contributed by atoms with Gasteiger partial charge in [-0.05, 0) is 31.0 Å². The van der Waals surface area contributed by atoms with Crippen molar-refractivity contribution in [2.24, 2.45) is 0 Å². The molecule has 9 heteroatoms. The van der Waals surface area contributed by atoms with Crippen molar-refractivity contribution < 1.29 is 4.79 Å². The first-order valence-corrected chi connectivity index (χ1v) is 11.2. The average molecular weight is 460 g/mol. The summed E-state index contributed by atoms with van der Waals surface area (Å²) in [5.74, 6) is -0.130. The highest BCUT2D eigenvalue weighted by atomic mass is 35.5. The van der Waals surface area contributed by atoms with E-state index in [9.17, 15) is 4.79 Å². The number of hydrogen-bond acceptors (Lipinski definition) is 5. The summed E-state index contributed by atoms with van der Waals surface area (Å²) >= 11 is 13.7. The van der Waals surface area contributed by atoms with Gasteiger partial charge in [-0.3, -0.25) is 4.79 Å². The van der Waals surface area contributed by atoms with E-state index < -0.39 is 0 Å². The third-order valence-electron chi connectivity index (χ3n) is 4.68. The molecule has 1 amide bonds. The number of hydrogen-bond donors (Lipinski definition) is 1. The molecule has 0 spiro atoms. The zero-order valence-electron chi connectivity index (χ0n) is 16.4. The third kappa shape index (κ3) is 3.97. The van der Waals surface area contributed by atoms with Gasteiger partial charge in [-0.15, -0.1) is 10.2 Å². The predicted molar refractivity (Wildman–Crippen MR) is 124 cm³/mol. The smallest absolute Gasteiger partial charge is 0.234 e. The molecule has 30 heavy (non-hydrogen) atoms. The molecule has 0 aliphatic heterocycles. The van der Waals surface area contributed by atoms with Crippen LogP contribution in [0, 0.1) is 6.92 Å². The molecular formula is C21H19Cl2N5OS. The van der Waals surface area contributed by atoms with E-state index in [1.807, 2.05) is 25.1 Å². The SMILES string of the molecule is CCCn1c2ccccc2c2nnc(SCC(=O)Nc3c(Cl)ccc(C)c3Cl)nc21. The molecule has 154 valence electrons. The van der Waals surface area contributed by atoms with Crippen molar-refractivity contribution in [2.45, 2.75) is 32.0 Å². The Labute approximate surface area is 188 Å². The van der Waals surface area contributed by atoms with Gasteiger partial charge in [-0.25, -0.2) is 4.98 Å². The number of nitrogens with zero attached hydrogens (tertiary/aromatic N) is 4. The summed E-state index contributed by atoms with van der Waals surface area (Å²) in [4.78, 5) is 17.1. The average Bonchev–Trinajstić information content (AvgIpc) is 3.06. The van der Waals surface area contributed by atoms with Gasteiger partial charge >= 0.3 is 0 Å². The highest BCUT2D eigenvalue weighted by molar-refractivity contribution is 7.99. The van der Waals surface area contributed by atoms with Gasteiger partial charge in [-0.2, -0.15) is 0 Å². The van der Waals surface area contributed by atoms with Crippen LogP contribution in [0.25, 0.3) is 22.1 Å². The minimum absolute atomic E-state index is 0.113. The van der Waals surface area contributed by atoms with Crippen molar-refractivity contribution in [3.8, 4) is 0 Å². The van der Waals surface area contributed by atoms with Crippen LogP contribution in [0.5, 0.6) is 0 Å². The second-order valence-corrected chi connectivity index (χ2v) is 8.55. The molecule has 0 aliphatic rings. The first-order valence-electron chi connectivity index (χ1n) is 9.48. The number of aryl methyl sites for hydroxylation is 2. The Hall–Kier alpha value is -2.35. The number of aromatic nitrogens is 4. The summed E-state index contributed by atoms with van der Waals surface area (Å²) in [7, 11) is 0. The van der Waals surface area contributed by atoms with Crippen molar-refractivity contribution in [1.29, 1.82) is 0 Å². The number of thioether (sulfide) groups is 1. The zero-order chi connectivity index (χ0) is 21.3. The van der Waals surface area contributed by atoms with Gasteiger partial charge in [0.1, 0.15) is 5.52 Å². The topological polar surface area (TPSA) is 72.7 Å². The minimum atomic E-state index is -0.243. The van der Waals surface area contributed by atoms with E-state index in [1.54, 1.807) is 12.1 Å². The van der Waals surface area contributed by atoms with Crippen LogP contribution in [0.4, 0.5) is 5.69 Å². The highest BCUT2D eigenvalue weighted by Crippen LogP contribution is 2.33. The van der Waals surface area contributed by atoms with Gasteiger partial charge < -0.3 is 9.88 Å². The lowest BCUT2D eigenvalue weighted by Gasteiger charge is -2.10. The fraction of sp³-hybridized carbons (Fsp3) is 0.238. The molecule has 0 bridgehead atoms. The van der Waals surface area contributed by atoms with Gasteiger partial charge in [0.2, 0.25) is 11.1 Å². The van der Waals surface area contributed by atoms with E-state index in [0.29, 0.717) is 20.9 Å². The number of halogens is 2. The second-order valence-electron chi connectivity index (χ2n) is 6.83. The van der Waals surface area contributed by atoms with Crippen LogP contribution in [0.15, 0.2) is 41.6 Å². The lowest BCUT2D eigenvalue weighted by Crippen LogP contribution is -2.15. The molecule has 2 aromatic carbocycles. The van der Waals surface area contributed by atoms with E-state index in [4.69, 9.17) is 23.2 Å². The number of rotatable bonds is 6. The third-order valence-corrected chi connectivity index (χ3v) is 6.32. The van der Waals surface area contributed by atoms with Gasteiger partial charge in [0.25, 0.3) is 0 Å². The Kier molecular flexibility index (Phi) is 6.13. The van der Waals surface area contributed by atoms with Crippen molar-refractivity contribution >= 4 is 68.6 Å². The number of benzene rings is 2. The molecule has 4 aromatic rings. The Morgan fingerprint density at radius 3 is 2.77 bits per heavy atom. The summed E-state index contributed by atoms with van der Waals surface area (Å²) in [6, 6.07) is 11.6. The maximum Gasteiger partial charge on any atom is 0.234 e. The molecule has 0 radical (unpaired) electrons. The minimum Gasteiger partial charge on any atom is -0.324 e. The Morgan fingerprint density at radius 1 is 1.17 bits per heavy atom. The number of anilines is 1. The molecule has 0 fully saturated rings. The van der Waals surface area contributed by atoms with Crippen LogP contribution in [0.3, 0.4) is 0 Å².